The molecule has 0 bridgehead atoms. The Hall–Kier alpha value is -1.56. The first-order valence-electron chi connectivity index (χ1n) is 6.39. The lowest BCUT2D eigenvalue weighted by Gasteiger charge is -2.07. The Morgan fingerprint density at radius 2 is 1.95 bits per heavy atom. The molecule has 3 aromatic rings. The largest absolute Gasteiger partial charge is 0.420 e. The van der Waals surface area contributed by atoms with Crippen LogP contribution in [0.4, 0.5) is 0 Å². The number of aromatic nitrogens is 1. The molecule has 0 saturated carbocycles. The maximum atomic E-state index is 12.0. The summed E-state index contributed by atoms with van der Waals surface area (Å²) < 4.78 is 8.07. The number of rotatable bonds is 2. The molecule has 0 N–H and O–H groups in total. The normalized spacial score (nSPS) is 11.2. The molecule has 0 saturated heterocycles. The van der Waals surface area contributed by atoms with Crippen molar-refractivity contribution < 1.29 is 4.42 Å². The van der Waals surface area contributed by atoms with Gasteiger partial charge in [-0.3, -0.25) is 4.57 Å². The first kappa shape index (κ1) is 13.4. The summed E-state index contributed by atoms with van der Waals surface area (Å²) in [5, 5.41) is 0. The molecule has 0 aliphatic carbocycles. The van der Waals surface area contributed by atoms with E-state index < -0.39 is 0 Å². The van der Waals surface area contributed by atoms with Crippen molar-refractivity contribution in [2.24, 2.45) is 0 Å². The quantitative estimate of drug-likeness (QED) is 0.634. The van der Waals surface area contributed by atoms with Crippen molar-refractivity contribution in [1.29, 1.82) is 0 Å². The highest BCUT2D eigenvalue weighted by molar-refractivity contribution is 14.1. The van der Waals surface area contributed by atoms with E-state index in [4.69, 9.17) is 4.42 Å². The van der Waals surface area contributed by atoms with E-state index in [1.165, 1.54) is 11.1 Å². The molecular formula is C16H14INO2. The van der Waals surface area contributed by atoms with Gasteiger partial charge in [0.25, 0.3) is 0 Å². The molecule has 3 nitrogen and oxygen atoms in total. The first-order valence-corrected chi connectivity index (χ1v) is 7.47. The topological polar surface area (TPSA) is 35.1 Å². The van der Waals surface area contributed by atoms with Gasteiger partial charge in [-0.1, -0.05) is 23.8 Å². The van der Waals surface area contributed by atoms with Crippen molar-refractivity contribution >= 4 is 33.7 Å². The molecule has 3 rings (SSSR count). The lowest BCUT2D eigenvalue weighted by Crippen LogP contribution is -2.15. The zero-order valence-electron chi connectivity index (χ0n) is 11.3. The molecule has 0 unspecified atom stereocenters. The van der Waals surface area contributed by atoms with E-state index in [2.05, 4.69) is 54.6 Å². The molecule has 0 fully saturated rings. The molecule has 0 aliphatic rings. The van der Waals surface area contributed by atoms with Gasteiger partial charge < -0.3 is 4.42 Å². The highest BCUT2D eigenvalue weighted by Gasteiger charge is 2.11. The number of benzene rings is 2. The number of aryl methyl sites for hydroxylation is 2. The van der Waals surface area contributed by atoms with E-state index in [0.717, 1.165) is 14.7 Å². The molecule has 0 radical (unpaired) electrons. The Morgan fingerprint density at radius 1 is 1.15 bits per heavy atom. The Labute approximate surface area is 130 Å². The summed E-state index contributed by atoms with van der Waals surface area (Å²) in [6, 6.07) is 12.1. The van der Waals surface area contributed by atoms with Gasteiger partial charge in [-0.25, -0.2) is 4.79 Å². The van der Waals surface area contributed by atoms with Crippen LogP contribution < -0.4 is 5.76 Å². The fourth-order valence-electron chi connectivity index (χ4n) is 2.33. The van der Waals surface area contributed by atoms with E-state index >= 15 is 0 Å². The van der Waals surface area contributed by atoms with Gasteiger partial charge in [-0.15, -0.1) is 0 Å². The van der Waals surface area contributed by atoms with Crippen molar-refractivity contribution in [2.45, 2.75) is 20.4 Å². The summed E-state index contributed by atoms with van der Waals surface area (Å²) in [5.41, 5.74) is 5.01. The maximum absolute atomic E-state index is 12.0. The summed E-state index contributed by atoms with van der Waals surface area (Å²) in [5.74, 6) is -0.303. The van der Waals surface area contributed by atoms with E-state index in [1.807, 2.05) is 18.2 Å². The van der Waals surface area contributed by atoms with Gasteiger partial charge in [0.15, 0.2) is 5.58 Å². The zero-order valence-corrected chi connectivity index (χ0v) is 13.5. The molecule has 4 heteroatoms. The number of oxazole rings is 1. The zero-order chi connectivity index (χ0) is 14.3. The highest BCUT2D eigenvalue weighted by Crippen LogP contribution is 2.19. The maximum Gasteiger partial charge on any atom is 0.420 e. The second-order valence-electron chi connectivity index (χ2n) is 5.00. The van der Waals surface area contributed by atoms with Crippen molar-refractivity contribution in [3.05, 3.63) is 67.2 Å². The van der Waals surface area contributed by atoms with Crippen LogP contribution in [0.2, 0.25) is 0 Å². The van der Waals surface area contributed by atoms with Gasteiger partial charge >= 0.3 is 5.76 Å². The van der Waals surface area contributed by atoms with Crippen LogP contribution in [-0.4, -0.2) is 4.57 Å². The van der Waals surface area contributed by atoms with Crippen LogP contribution in [0.5, 0.6) is 0 Å². The smallest absolute Gasteiger partial charge is 0.408 e. The van der Waals surface area contributed by atoms with Gasteiger partial charge in [-0.2, -0.15) is 0 Å². The minimum absolute atomic E-state index is 0.303. The predicted molar refractivity (Wildman–Crippen MR) is 88.2 cm³/mol. The molecule has 0 spiro atoms. The molecule has 0 amide bonds. The van der Waals surface area contributed by atoms with Gasteiger partial charge in [0.1, 0.15) is 0 Å². The van der Waals surface area contributed by atoms with Crippen LogP contribution in [0.25, 0.3) is 11.1 Å². The van der Waals surface area contributed by atoms with Gasteiger partial charge in [-0.05, 0) is 65.8 Å². The van der Waals surface area contributed by atoms with Crippen molar-refractivity contribution in [2.75, 3.05) is 0 Å². The molecule has 2 aromatic carbocycles. The van der Waals surface area contributed by atoms with E-state index in [0.29, 0.717) is 12.1 Å². The summed E-state index contributed by atoms with van der Waals surface area (Å²) in [6.45, 7) is 4.66. The highest BCUT2D eigenvalue weighted by atomic mass is 127. The number of hydrogen-bond donors (Lipinski definition) is 0. The predicted octanol–water partition coefficient (Wildman–Crippen LogP) is 3.86. The Balaban J connectivity index is 2.13. The fourth-order valence-corrected chi connectivity index (χ4v) is 2.79. The lowest BCUT2D eigenvalue weighted by molar-refractivity contribution is 0.517. The SMILES string of the molecule is Cc1ccc(C)c(Cn2c(=O)oc3cc(I)ccc32)c1. The van der Waals surface area contributed by atoms with Crippen LogP contribution in [0.1, 0.15) is 16.7 Å². The number of halogens is 1. The molecular weight excluding hydrogens is 365 g/mol. The fraction of sp³-hybridized carbons (Fsp3) is 0.188. The standard InChI is InChI=1S/C16H14INO2/c1-10-3-4-11(2)12(7-10)9-18-14-6-5-13(17)8-15(14)20-16(18)19/h3-8H,9H2,1-2H3. The van der Waals surface area contributed by atoms with Crippen LogP contribution in [0.15, 0.2) is 45.6 Å². The number of nitrogens with zero attached hydrogens (tertiary/aromatic N) is 1. The van der Waals surface area contributed by atoms with Crippen LogP contribution >= 0.6 is 22.6 Å². The minimum atomic E-state index is -0.303. The molecule has 102 valence electrons. The van der Waals surface area contributed by atoms with Crippen LogP contribution in [-0.2, 0) is 6.54 Å². The van der Waals surface area contributed by atoms with E-state index in [1.54, 1.807) is 4.57 Å². The van der Waals surface area contributed by atoms with Crippen molar-refractivity contribution in [3.8, 4) is 0 Å². The van der Waals surface area contributed by atoms with Crippen LogP contribution in [0, 0.1) is 17.4 Å². The molecule has 1 heterocycles. The molecule has 20 heavy (non-hydrogen) atoms. The summed E-state index contributed by atoms with van der Waals surface area (Å²) in [7, 11) is 0. The Morgan fingerprint density at radius 3 is 2.75 bits per heavy atom. The van der Waals surface area contributed by atoms with Crippen molar-refractivity contribution in [3.63, 3.8) is 0 Å². The Kier molecular flexibility index (Phi) is 3.41. The lowest BCUT2D eigenvalue weighted by atomic mass is 10.1. The minimum Gasteiger partial charge on any atom is -0.408 e. The summed E-state index contributed by atoms with van der Waals surface area (Å²) >= 11 is 2.21. The molecule has 0 aliphatic heterocycles. The van der Waals surface area contributed by atoms with E-state index in [-0.39, 0.29) is 5.76 Å². The van der Waals surface area contributed by atoms with Gasteiger partial charge in [0.05, 0.1) is 12.1 Å². The average Bonchev–Trinajstić information content (AvgIpc) is 2.69. The Bertz CT molecular complexity index is 845. The molecule has 0 atom stereocenters. The number of fused-ring (bicyclic) bond motifs is 1. The first-order chi connectivity index (χ1) is 9.54. The third-order valence-corrected chi connectivity index (χ3v) is 4.13. The second kappa shape index (κ2) is 5.09. The monoisotopic (exact) mass is 379 g/mol. The average molecular weight is 379 g/mol. The van der Waals surface area contributed by atoms with Crippen LogP contribution in [0.3, 0.4) is 0 Å². The summed E-state index contributed by atoms with van der Waals surface area (Å²) in [6.07, 6.45) is 0. The number of hydrogen-bond acceptors (Lipinski definition) is 2. The second-order valence-corrected chi connectivity index (χ2v) is 6.24. The van der Waals surface area contributed by atoms with Crippen molar-refractivity contribution in [1.82, 2.24) is 4.57 Å². The summed E-state index contributed by atoms with van der Waals surface area (Å²) in [4.78, 5) is 12.0. The van der Waals surface area contributed by atoms with Gasteiger partial charge in [0, 0.05) is 3.57 Å². The third kappa shape index (κ3) is 2.40. The van der Waals surface area contributed by atoms with Gasteiger partial charge in [0.2, 0.25) is 0 Å². The molecule has 1 aromatic heterocycles. The third-order valence-electron chi connectivity index (χ3n) is 3.46. The van der Waals surface area contributed by atoms with E-state index in [9.17, 15) is 4.79 Å².